The van der Waals surface area contributed by atoms with Gasteiger partial charge in [0.1, 0.15) is 0 Å². The molecule has 1 fully saturated rings. The molecule has 0 spiro atoms. The predicted octanol–water partition coefficient (Wildman–Crippen LogP) is 3.03. The summed E-state index contributed by atoms with van der Waals surface area (Å²) in [6, 6.07) is 8.10. The molecule has 1 radical (unpaired) electrons. The number of nitrogens with zero attached hydrogens (tertiary/aromatic N) is 5. The van der Waals surface area contributed by atoms with Crippen molar-refractivity contribution >= 4 is 17.8 Å². The first kappa shape index (κ1) is 23.9. The first-order valence-electron chi connectivity index (χ1n) is 11.2. The Morgan fingerprint density at radius 3 is 2.64 bits per heavy atom. The molecule has 1 saturated heterocycles. The first-order chi connectivity index (χ1) is 17.1. The Labute approximate surface area is 203 Å². The van der Waals surface area contributed by atoms with Crippen LogP contribution in [0.3, 0.4) is 0 Å². The Kier molecular flexibility index (Phi) is 5.78. The standard InChI is InChI=1S/C24H23F3N6O3/c1-15(34)28-9-16-6-19(24(25,26)27)20-11-32(22(35)33(20)10-16)18-5-3-4-17(7-18)23(12-36-13-23)8-21-30-29-14-31(21)2/h3-7,10-11,14H,8-9,12-13H2,1-2H3,(H,28,34)/q+1. The van der Waals surface area contributed by atoms with Gasteiger partial charge in [0.2, 0.25) is 5.91 Å². The van der Waals surface area contributed by atoms with Crippen molar-refractivity contribution in [3.63, 3.8) is 0 Å². The molecule has 0 atom stereocenters. The highest BCUT2D eigenvalue weighted by atomic mass is 19.4. The Hall–Kier alpha value is -3.80. The van der Waals surface area contributed by atoms with Crippen molar-refractivity contribution in [2.75, 3.05) is 20.3 Å². The molecule has 0 bridgehead atoms. The zero-order valence-electron chi connectivity index (χ0n) is 19.5. The van der Waals surface area contributed by atoms with Crippen molar-refractivity contribution in [1.82, 2.24) is 14.3 Å². The summed E-state index contributed by atoms with van der Waals surface area (Å²) in [7, 11) is 1.85. The molecule has 0 unspecified atom stereocenters. The lowest BCUT2D eigenvalue weighted by molar-refractivity contribution is -0.478. The number of carbonyl (C=O) groups is 1. The van der Waals surface area contributed by atoms with Gasteiger partial charge >= 0.3 is 24.4 Å². The fraction of sp³-hybridized carbons (Fsp3) is 0.333. The van der Waals surface area contributed by atoms with Crippen LogP contribution in [-0.4, -0.2) is 46.1 Å². The van der Waals surface area contributed by atoms with Crippen LogP contribution in [0.4, 0.5) is 13.2 Å². The third-order valence-corrected chi connectivity index (χ3v) is 6.47. The van der Waals surface area contributed by atoms with E-state index in [9.17, 15) is 22.8 Å². The van der Waals surface area contributed by atoms with Crippen LogP contribution >= 0.6 is 0 Å². The molecule has 2 aliphatic rings. The molecule has 187 valence electrons. The topological polar surface area (TPSA) is 92.5 Å². The summed E-state index contributed by atoms with van der Waals surface area (Å²) in [5, 5.41) is 10.6. The van der Waals surface area contributed by atoms with Crippen LogP contribution < -0.4 is 11.0 Å². The molecule has 1 aromatic carbocycles. The van der Waals surface area contributed by atoms with E-state index in [-0.39, 0.29) is 28.9 Å². The van der Waals surface area contributed by atoms with Crippen LogP contribution in [0.15, 0.2) is 57.7 Å². The maximum atomic E-state index is 13.9. The highest BCUT2D eigenvalue weighted by Crippen LogP contribution is 2.40. The Balaban J connectivity index is 1.57. The fourth-order valence-corrected chi connectivity index (χ4v) is 4.46. The second-order valence-corrected chi connectivity index (χ2v) is 9.06. The lowest BCUT2D eigenvalue weighted by Crippen LogP contribution is -2.48. The van der Waals surface area contributed by atoms with E-state index in [1.165, 1.54) is 23.9 Å². The van der Waals surface area contributed by atoms with Gasteiger partial charge in [-0.15, -0.1) is 0 Å². The van der Waals surface area contributed by atoms with E-state index in [0.717, 1.165) is 22.2 Å². The van der Waals surface area contributed by atoms with Crippen molar-refractivity contribution in [3.8, 4) is 5.69 Å². The summed E-state index contributed by atoms with van der Waals surface area (Å²) in [4.78, 5) is 24.5. The number of nitrogens with one attached hydrogen (secondary N) is 1. The quantitative estimate of drug-likeness (QED) is 0.528. The zero-order valence-corrected chi connectivity index (χ0v) is 19.5. The number of carbonyl (C=O) groups excluding carboxylic acids is 1. The summed E-state index contributed by atoms with van der Waals surface area (Å²) < 4.78 is 51.2. The molecule has 3 aromatic rings. The van der Waals surface area contributed by atoms with Crippen LogP contribution in [0.1, 0.15) is 30.0 Å². The van der Waals surface area contributed by atoms with Crippen molar-refractivity contribution < 1.29 is 27.3 Å². The van der Waals surface area contributed by atoms with Gasteiger partial charge in [0.15, 0.2) is 0 Å². The third-order valence-electron chi connectivity index (χ3n) is 6.47. The number of benzene rings is 1. The summed E-state index contributed by atoms with van der Waals surface area (Å²) >= 11 is 0. The number of alkyl halides is 3. The molecular weight excluding hydrogens is 477 g/mol. The number of fused-ring (bicyclic) bond motifs is 1. The SMILES string of the molecule is CC(=O)NCc1cc(C(F)(F)F)c2cn(-c3cccc(C4(C[C]5N=NC=[N+]5C)COC4)c3)c(=O)n2c1. The van der Waals surface area contributed by atoms with E-state index in [2.05, 4.69) is 15.5 Å². The monoisotopic (exact) mass is 500 g/mol. The van der Waals surface area contributed by atoms with E-state index < -0.39 is 17.4 Å². The minimum absolute atomic E-state index is 0.133. The van der Waals surface area contributed by atoms with Crippen molar-refractivity contribution in [2.45, 2.75) is 31.5 Å². The molecule has 0 saturated carbocycles. The molecule has 1 amide bonds. The molecule has 4 heterocycles. The Morgan fingerprint density at radius 2 is 2.03 bits per heavy atom. The number of imidazole rings is 1. The van der Waals surface area contributed by atoms with E-state index in [4.69, 9.17) is 4.74 Å². The maximum absolute atomic E-state index is 13.9. The number of rotatable bonds is 6. The van der Waals surface area contributed by atoms with E-state index in [1.54, 1.807) is 24.5 Å². The van der Waals surface area contributed by atoms with Crippen LogP contribution in [0.5, 0.6) is 0 Å². The summed E-state index contributed by atoms with van der Waals surface area (Å²) in [5.41, 5.74) is -0.783. The van der Waals surface area contributed by atoms with Gasteiger partial charge in [-0.05, 0) is 34.4 Å². The fourth-order valence-electron chi connectivity index (χ4n) is 4.46. The minimum atomic E-state index is -4.69. The van der Waals surface area contributed by atoms with E-state index >= 15 is 0 Å². The third kappa shape index (κ3) is 4.21. The van der Waals surface area contributed by atoms with Gasteiger partial charge in [-0.25, -0.2) is 9.37 Å². The first-order valence-corrected chi connectivity index (χ1v) is 11.2. The smallest absolute Gasteiger partial charge is 0.379 e. The minimum Gasteiger partial charge on any atom is -0.379 e. The second kappa shape index (κ2) is 8.70. The van der Waals surface area contributed by atoms with Crippen LogP contribution in [0.2, 0.25) is 0 Å². The zero-order chi connectivity index (χ0) is 25.7. The van der Waals surface area contributed by atoms with Crippen LogP contribution in [0, 0.1) is 6.17 Å². The lowest BCUT2D eigenvalue weighted by atomic mass is 9.75. The van der Waals surface area contributed by atoms with Crippen molar-refractivity contribution in [2.24, 2.45) is 10.2 Å². The van der Waals surface area contributed by atoms with Crippen LogP contribution in [-0.2, 0) is 27.7 Å². The number of amides is 1. The highest BCUT2D eigenvalue weighted by molar-refractivity contribution is 5.72. The molecule has 36 heavy (non-hydrogen) atoms. The largest absolute Gasteiger partial charge is 0.418 e. The van der Waals surface area contributed by atoms with Gasteiger partial charge in [-0.3, -0.25) is 13.8 Å². The summed E-state index contributed by atoms with van der Waals surface area (Å²) in [6.45, 7) is 2.02. The van der Waals surface area contributed by atoms with Gasteiger partial charge in [0.25, 0.3) is 0 Å². The van der Waals surface area contributed by atoms with Gasteiger partial charge < -0.3 is 10.1 Å². The summed E-state index contributed by atoms with van der Waals surface area (Å²) in [6.07, 6.45) is 0.768. The average Bonchev–Trinajstić information content (AvgIpc) is 3.36. The number of aromatic nitrogens is 2. The molecule has 2 aliphatic heterocycles. The summed E-state index contributed by atoms with van der Waals surface area (Å²) in [5.74, 6) is -0.388. The number of hydrogen-bond acceptors (Lipinski definition) is 5. The Bertz CT molecular complexity index is 1470. The average molecular weight is 500 g/mol. The molecular formula is C24H23F3N6O3+. The normalized spacial score (nSPS) is 17.3. The van der Waals surface area contributed by atoms with Gasteiger partial charge in [-0.1, -0.05) is 12.1 Å². The molecule has 9 nitrogen and oxygen atoms in total. The molecule has 5 rings (SSSR count). The van der Waals surface area contributed by atoms with Crippen molar-refractivity contribution in [1.29, 1.82) is 0 Å². The molecule has 1 N–H and O–H groups in total. The molecule has 2 aromatic heterocycles. The second-order valence-electron chi connectivity index (χ2n) is 9.06. The molecule has 12 heteroatoms. The number of halogens is 3. The number of azo groups is 1. The highest BCUT2D eigenvalue weighted by Gasteiger charge is 2.46. The lowest BCUT2D eigenvalue weighted by Gasteiger charge is -2.42. The van der Waals surface area contributed by atoms with Crippen molar-refractivity contribution in [3.05, 3.63) is 76.1 Å². The van der Waals surface area contributed by atoms with Gasteiger partial charge in [0.05, 0.1) is 42.1 Å². The predicted molar refractivity (Wildman–Crippen MR) is 123 cm³/mol. The molecule has 0 aliphatic carbocycles. The number of hydrogen-bond donors (Lipinski definition) is 1. The maximum Gasteiger partial charge on any atom is 0.418 e. The van der Waals surface area contributed by atoms with Gasteiger partial charge in [-0.2, -0.15) is 13.2 Å². The number of pyridine rings is 1. The van der Waals surface area contributed by atoms with Crippen LogP contribution in [0.25, 0.3) is 11.2 Å². The van der Waals surface area contributed by atoms with E-state index in [1.807, 2.05) is 17.7 Å². The Morgan fingerprint density at radius 1 is 1.25 bits per heavy atom. The number of ether oxygens (including phenoxy) is 1. The van der Waals surface area contributed by atoms with Gasteiger partial charge in [0, 0.05) is 37.7 Å². The van der Waals surface area contributed by atoms with E-state index in [0.29, 0.717) is 25.3 Å².